The van der Waals surface area contributed by atoms with Crippen LogP contribution in [0.5, 0.6) is 0 Å². The molecule has 10 nitrogen and oxygen atoms in total. The fourth-order valence-electron chi connectivity index (χ4n) is 4.77. The van der Waals surface area contributed by atoms with Crippen LogP contribution in [0.25, 0.3) is 0 Å². The van der Waals surface area contributed by atoms with E-state index in [0.717, 1.165) is 30.6 Å². The van der Waals surface area contributed by atoms with Crippen LogP contribution in [0.4, 0.5) is 28.6 Å². The van der Waals surface area contributed by atoms with Crippen molar-refractivity contribution in [1.29, 1.82) is 0 Å². The molecule has 1 aliphatic heterocycles. The Labute approximate surface area is 219 Å². The maximum atomic E-state index is 13.3. The molecule has 2 fully saturated rings. The molecule has 212 valence electrons. The van der Waals surface area contributed by atoms with Crippen molar-refractivity contribution < 1.29 is 37.4 Å². The quantitative estimate of drug-likeness (QED) is 0.414. The molecule has 0 aromatic carbocycles. The van der Waals surface area contributed by atoms with E-state index in [2.05, 4.69) is 22.5 Å². The molecule has 1 saturated heterocycles. The van der Waals surface area contributed by atoms with Crippen LogP contribution in [0.1, 0.15) is 65.0 Å². The van der Waals surface area contributed by atoms with Gasteiger partial charge in [0.25, 0.3) is 0 Å². The van der Waals surface area contributed by atoms with Crippen LogP contribution in [-0.4, -0.2) is 70.0 Å². The Hall–Kier alpha value is -3.09. The van der Waals surface area contributed by atoms with Gasteiger partial charge in [0.1, 0.15) is 23.5 Å². The van der Waals surface area contributed by atoms with Gasteiger partial charge in [0, 0.05) is 6.20 Å². The number of urea groups is 1. The van der Waals surface area contributed by atoms with Crippen molar-refractivity contribution in [2.45, 2.75) is 83.3 Å². The predicted octanol–water partition coefficient (Wildman–Crippen LogP) is 3.73. The molecular formula is C25H36F3N5O5. The molecular weight excluding hydrogens is 507 g/mol. The number of ether oxygens (including phenoxy) is 1. The third-order valence-corrected chi connectivity index (χ3v) is 6.79. The Balaban J connectivity index is 1.77. The van der Waals surface area contributed by atoms with Crippen molar-refractivity contribution in [1.82, 2.24) is 20.5 Å². The number of carbonyl (C=O) groups excluding carboxylic acids is 3. The topological polar surface area (TPSA) is 133 Å². The van der Waals surface area contributed by atoms with Crippen molar-refractivity contribution in [2.75, 3.05) is 18.5 Å². The first-order valence-electron chi connectivity index (χ1n) is 12.7. The minimum Gasteiger partial charge on any atom is -0.444 e. The Bertz CT molecular complexity index is 1010. The SMILES string of the molecule is CC1CCC([C@H](NC(=O)OC(C)(C)C)C(=O)Nc2cc([C@H](CO)N3C[C@@H](C(F)(F)F)NC3=O)ccn2)CC1. The van der Waals surface area contributed by atoms with E-state index in [1.807, 2.05) is 5.32 Å². The largest absolute Gasteiger partial charge is 0.444 e. The molecule has 13 heteroatoms. The molecule has 4 amide bonds. The number of nitrogens with one attached hydrogen (secondary N) is 3. The van der Waals surface area contributed by atoms with Gasteiger partial charge in [-0.15, -0.1) is 0 Å². The van der Waals surface area contributed by atoms with E-state index in [1.165, 1.54) is 18.3 Å². The maximum Gasteiger partial charge on any atom is 0.410 e. The summed E-state index contributed by atoms with van der Waals surface area (Å²) < 4.78 is 44.7. The van der Waals surface area contributed by atoms with Gasteiger partial charge in [0.2, 0.25) is 5.91 Å². The number of carbonyl (C=O) groups is 3. The van der Waals surface area contributed by atoms with Crippen LogP contribution in [-0.2, 0) is 9.53 Å². The predicted molar refractivity (Wildman–Crippen MR) is 132 cm³/mol. The highest BCUT2D eigenvalue weighted by Crippen LogP contribution is 2.32. The average molecular weight is 544 g/mol. The number of rotatable bonds is 7. The monoisotopic (exact) mass is 543 g/mol. The number of amides is 4. The van der Waals surface area contributed by atoms with Crippen molar-refractivity contribution in [2.24, 2.45) is 11.8 Å². The van der Waals surface area contributed by atoms with Gasteiger partial charge in [-0.05, 0) is 63.1 Å². The van der Waals surface area contributed by atoms with Crippen molar-refractivity contribution in [3.63, 3.8) is 0 Å². The number of alkyl carbamates (subject to hydrolysis) is 1. The van der Waals surface area contributed by atoms with Gasteiger partial charge in [-0.25, -0.2) is 14.6 Å². The van der Waals surface area contributed by atoms with Crippen LogP contribution in [0.15, 0.2) is 18.3 Å². The lowest BCUT2D eigenvalue weighted by molar-refractivity contribution is -0.150. The molecule has 1 aromatic heterocycles. The number of pyridine rings is 1. The van der Waals surface area contributed by atoms with Gasteiger partial charge in [-0.2, -0.15) is 13.2 Å². The second kappa shape index (κ2) is 11.7. The highest BCUT2D eigenvalue weighted by molar-refractivity contribution is 5.96. The Morgan fingerprint density at radius 3 is 2.45 bits per heavy atom. The van der Waals surface area contributed by atoms with E-state index in [4.69, 9.17) is 4.74 Å². The molecule has 1 aliphatic carbocycles. The zero-order valence-corrected chi connectivity index (χ0v) is 22.0. The minimum atomic E-state index is -4.63. The minimum absolute atomic E-state index is 0.0677. The normalized spacial score (nSPS) is 23.8. The second-order valence-electron chi connectivity index (χ2n) is 11.0. The van der Waals surface area contributed by atoms with Crippen molar-refractivity contribution >= 4 is 23.8 Å². The van der Waals surface area contributed by atoms with Crippen LogP contribution >= 0.6 is 0 Å². The first-order valence-corrected chi connectivity index (χ1v) is 12.7. The van der Waals surface area contributed by atoms with Gasteiger partial charge in [0.05, 0.1) is 19.2 Å². The number of aliphatic hydroxyl groups is 1. The summed E-state index contributed by atoms with van der Waals surface area (Å²) in [6.45, 7) is 5.98. The fraction of sp³-hybridized carbons (Fsp3) is 0.680. The van der Waals surface area contributed by atoms with Gasteiger partial charge in [-0.3, -0.25) is 4.79 Å². The number of anilines is 1. The number of nitrogens with zero attached hydrogens (tertiary/aromatic N) is 2. The Morgan fingerprint density at radius 1 is 1.24 bits per heavy atom. The van der Waals surface area contributed by atoms with Crippen molar-refractivity contribution in [3.05, 3.63) is 23.9 Å². The maximum absolute atomic E-state index is 13.3. The number of halogens is 3. The lowest BCUT2D eigenvalue weighted by Crippen LogP contribution is -2.50. The van der Waals surface area contributed by atoms with Crippen LogP contribution in [0.2, 0.25) is 0 Å². The summed E-state index contributed by atoms with van der Waals surface area (Å²) in [5, 5.41) is 17.2. The highest BCUT2D eigenvalue weighted by atomic mass is 19.4. The molecule has 2 aliphatic rings. The number of hydrogen-bond donors (Lipinski definition) is 4. The Morgan fingerprint density at radius 2 is 1.89 bits per heavy atom. The molecule has 38 heavy (non-hydrogen) atoms. The number of aliphatic hydroxyl groups excluding tert-OH is 1. The molecule has 0 unspecified atom stereocenters. The smallest absolute Gasteiger partial charge is 0.410 e. The third-order valence-electron chi connectivity index (χ3n) is 6.79. The van der Waals surface area contributed by atoms with Crippen LogP contribution < -0.4 is 16.0 Å². The first kappa shape index (κ1) is 29.5. The van der Waals surface area contributed by atoms with E-state index in [-0.39, 0.29) is 11.7 Å². The van der Waals surface area contributed by atoms with E-state index >= 15 is 0 Å². The lowest BCUT2D eigenvalue weighted by atomic mass is 9.79. The summed E-state index contributed by atoms with van der Waals surface area (Å²) in [6.07, 6.45) is -0.743. The summed E-state index contributed by atoms with van der Waals surface area (Å²) in [5.41, 5.74) is -0.465. The molecule has 0 spiro atoms. The van der Waals surface area contributed by atoms with E-state index in [9.17, 15) is 32.7 Å². The molecule has 2 heterocycles. The molecule has 0 bridgehead atoms. The summed E-state index contributed by atoms with van der Waals surface area (Å²) in [7, 11) is 0. The first-order chi connectivity index (χ1) is 17.7. The van der Waals surface area contributed by atoms with Gasteiger partial charge < -0.3 is 30.7 Å². The number of hydrogen-bond acceptors (Lipinski definition) is 6. The third kappa shape index (κ3) is 7.71. The zero-order chi connectivity index (χ0) is 28.3. The molecule has 4 N–H and O–H groups in total. The van der Waals surface area contributed by atoms with E-state index < -0.39 is 61.1 Å². The number of alkyl halides is 3. The molecule has 1 saturated carbocycles. The number of aromatic nitrogens is 1. The highest BCUT2D eigenvalue weighted by Gasteiger charge is 2.48. The molecule has 0 radical (unpaired) electrons. The summed E-state index contributed by atoms with van der Waals surface area (Å²) in [4.78, 5) is 43.1. The van der Waals surface area contributed by atoms with Gasteiger partial charge in [0.15, 0.2) is 0 Å². The average Bonchev–Trinajstić information content (AvgIpc) is 3.20. The van der Waals surface area contributed by atoms with Crippen LogP contribution in [0, 0.1) is 11.8 Å². The lowest BCUT2D eigenvalue weighted by Gasteiger charge is -2.33. The van der Waals surface area contributed by atoms with Gasteiger partial charge >= 0.3 is 18.3 Å². The van der Waals surface area contributed by atoms with Crippen LogP contribution in [0.3, 0.4) is 0 Å². The summed E-state index contributed by atoms with van der Waals surface area (Å²) in [5.74, 6) is -0.0561. The van der Waals surface area contributed by atoms with Gasteiger partial charge in [-0.1, -0.05) is 19.8 Å². The van der Waals surface area contributed by atoms with E-state index in [1.54, 1.807) is 20.8 Å². The van der Waals surface area contributed by atoms with E-state index in [0.29, 0.717) is 11.5 Å². The standard InChI is InChI=1S/C25H36F3N5O5/c1-14-5-7-15(8-6-14)20(32-23(37)38-24(2,3)4)21(35)31-19-11-16(9-10-29-19)17(13-34)33-12-18(25(26,27)28)30-22(33)36/h9-11,14-15,17-18,20,34H,5-8,12-13H2,1-4H3,(H,30,36)(H,32,37)(H,29,31,35)/t14?,15?,17-,18-,20-/m0/s1. The molecule has 1 aromatic rings. The Kier molecular flexibility index (Phi) is 9.11. The fourth-order valence-corrected chi connectivity index (χ4v) is 4.77. The zero-order valence-electron chi connectivity index (χ0n) is 22.0. The molecule has 3 atom stereocenters. The summed E-state index contributed by atoms with van der Waals surface area (Å²) >= 11 is 0. The second-order valence-corrected chi connectivity index (χ2v) is 11.0. The summed E-state index contributed by atoms with van der Waals surface area (Å²) in [6, 6.07) is -2.15. The molecule has 3 rings (SSSR count). The van der Waals surface area contributed by atoms with Crippen molar-refractivity contribution in [3.8, 4) is 0 Å².